The van der Waals surface area contributed by atoms with Crippen LogP contribution in [0.25, 0.3) is 0 Å². The highest BCUT2D eigenvalue weighted by molar-refractivity contribution is 7.99. The number of aliphatic hydroxyl groups excluding tert-OH is 2. The maximum Gasteiger partial charge on any atom is 0.119 e. The lowest BCUT2D eigenvalue weighted by molar-refractivity contribution is 0.196. The summed E-state index contributed by atoms with van der Waals surface area (Å²) in [6, 6.07) is 7.61. The molecular weight excluding hydrogens is 272 g/mol. The van der Waals surface area contributed by atoms with Gasteiger partial charge in [0.2, 0.25) is 0 Å². The molecule has 0 aliphatic heterocycles. The summed E-state index contributed by atoms with van der Waals surface area (Å²) in [6.45, 7) is 4.53. The van der Waals surface area contributed by atoms with Crippen LogP contribution in [-0.2, 0) is 0 Å². The van der Waals surface area contributed by atoms with E-state index in [2.05, 4.69) is 11.8 Å². The molecule has 2 unspecified atom stereocenters. The van der Waals surface area contributed by atoms with Crippen molar-refractivity contribution >= 4 is 11.8 Å². The van der Waals surface area contributed by atoms with Crippen molar-refractivity contribution in [2.45, 2.75) is 31.6 Å². The molecular formula is C16H22O3S. The van der Waals surface area contributed by atoms with Gasteiger partial charge >= 0.3 is 0 Å². The lowest BCUT2D eigenvalue weighted by atomic mass is 10.2. The summed E-state index contributed by atoms with van der Waals surface area (Å²) < 4.78 is 5.63. The molecule has 110 valence electrons. The molecule has 0 fully saturated rings. The predicted octanol–water partition coefficient (Wildman–Crippen LogP) is 2.30. The van der Waals surface area contributed by atoms with Gasteiger partial charge in [-0.1, -0.05) is 18.8 Å². The van der Waals surface area contributed by atoms with Gasteiger partial charge in [0.15, 0.2) is 0 Å². The van der Waals surface area contributed by atoms with Crippen LogP contribution in [0.3, 0.4) is 0 Å². The van der Waals surface area contributed by atoms with Gasteiger partial charge in [-0.05, 0) is 31.2 Å². The van der Waals surface area contributed by atoms with E-state index in [1.54, 1.807) is 18.7 Å². The van der Waals surface area contributed by atoms with Crippen molar-refractivity contribution < 1.29 is 14.9 Å². The number of rotatable bonds is 7. The fourth-order valence-corrected chi connectivity index (χ4v) is 2.22. The van der Waals surface area contributed by atoms with Gasteiger partial charge in [-0.15, -0.1) is 0 Å². The van der Waals surface area contributed by atoms with Crippen molar-refractivity contribution in [3.63, 3.8) is 0 Å². The van der Waals surface area contributed by atoms with Gasteiger partial charge in [0.25, 0.3) is 0 Å². The minimum absolute atomic E-state index is 0.0940. The Balaban J connectivity index is 2.30. The quantitative estimate of drug-likeness (QED) is 0.598. The monoisotopic (exact) mass is 294 g/mol. The second-order valence-electron chi connectivity index (χ2n) is 4.46. The zero-order valence-electron chi connectivity index (χ0n) is 12.0. The third-order valence-corrected chi connectivity index (χ3v) is 4.06. The lowest BCUT2D eigenvalue weighted by Crippen LogP contribution is -2.17. The van der Waals surface area contributed by atoms with E-state index in [1.807, 2.05) is 31.2 Å². The number of hydrogen-bond acceptors (Lipinski definition) is 4. The van der Waals surface area contributed by atoms with Crippen LogP contribution >= 0.6 is 11.8 Å². The van der Waals surface area contributed by atoms with Crippen molar-refractivity contribution in [3.05, 3.63) is 29.8 Å². The highest BCUT2D eigenvalue weighted by Gasteiger charge is 2.08. The summed E-state index contributed by atoms with van der Waals surface area (Å²) in [4.78, 5) is 0. The van der Waals surface area contributed by atoms with Crippen LogP contribution in [0.5, 0.6) is 5.75 Å². The van der Waals surface area contributed by atoms with E-state index in [9.17, 15) is 5.11 Å². The van der Waals surface area contributed by atoms with Crippen LogP contribution in [-0.4, -0.2) is 40.5 Å². The minimum atomic E-state index is -0.295. The molecule has 1 aromatic rings. The number of thioether (sulfide) groups is 1. The van der Waals surface area contributed by atoms with Gasteiger partial charge in [-0.3, -0.25) is 0 Å². The molecule has 20 heavy (non-hydrogen) atoms. The Bertz CT molecular complexity index is 431. The largest absolute Gasteiger partial charge is 0.493 e. The van der Waals surface area contributed by atoms with Crippen LogP contribution in [0.2, 0.25) is 0 Å². The SMILES string of the molecule is CC(O)C(C)SCCOc1ccc(C#CCCO)cc1. The van der Waals surface area contributed by atoms with Crippen molar-refractivity contribution in [1.29, 1.82) is 0 Å². The number of ether oxygens (including phenoxy) is 1. The van der Waals surface area contributed by atoms with Gasteiger partial charge in [0.1, 0.15) is 5.75 Å². The smallest absolute Gasteiger partial charge is 0.119 e. The second-order valence-corrected chi connectivity index (χ2v) is 5.95. The van der Waals surface area contributed by atoms with Crippen LogP contribution in [0.4, 0.5) is 0 Å². The topological polar surface area (TPSA) is 49.7 Å². The van der Waals surface area contributed by atoms with Gasteiger partial charge < -0.3 is 14.9 Å². The maximum absolute atomic E-state index is 9.37. The summed E-state index contributed by atoms with van der Waals surface area (Å²) in [5.74, 6) is 7.52. The molecule has 0 amide bonds. The first-order chi connectivity index (χ1) is 9.63. The van der Waals surface area contributed by atoms with Crippen LogP contribution in [0.1, 0.15) is 25.8 Å². The molecule has 2 N–H and O–H groups in total. The van der Waals surface area contributed by atoms with Gasteiger partial charge in [-0.25, -0.2) is 0 Å². The Morgan fingerprint density at radius 1 is 1.25 bits per heavy atom. The molecule has 2 atom stereocenters. The zero-order chi connectivity index (χ0) is 14.8. The standard InChI is InChI=1S/C16H22O3S/c1-13(18)14(2)20-12-11-19-16-8-6-15(7-9-16)5-3-4-10-17/h6-9,13-14,17-18H,4,10-12H2,1-2H3. The molecule has 1 rings (SSSR count). The normalized spacial score (nSPS) is 13.2. The Morgan fingerprint density at radius 2 is 1.95 bits per heavy atom. The lowest BCUT2D eigenvalue weighted by Gasteiger charge is -2.14. The maximum atomic E-state index is 9.37. The van der Waals surface area contributed by atoms with E-state index in [0.29, 0.717) is 13.0 Å². The van der Waals surface area contributed by atoms with E-state index in [4.69, 9.17) is 9.84 Å². The third-order valence-electron chi connectivity index (χ3n) is 2.74. The Labute approximate surface area is 125 Å². The van der Waals surface area contributed by atoms with E-state index >= 15 is 0 Å². The summed E-state index contributed by atoms with van der Waals surface area (Å²) in [5, 5.41) is 18.2. The number of hydrogen-bond donors (Lipinski definition) is 2. The van der Waals surface area contributed by atoms with E-state index < -0.39 is 0 Å². The van der Waals surface area contributed by atoms with Crippen molar-refractivity contribution in [2.24, 2.45) is 0 Å². The van der Waals surface area contributed by atoms with Crippen LogP contribution in [0.15, 0.2) is 24.3 Å². The Kier molecular flexibility index (Phi) is 8.20. The van der Waals surface area contributed by atoms with Crippen molar-refractivity contribution in [2.75, 3.05) is 19.0 Å². The summed E-state index contributed by atoms with van der Waals surface area (Å²) in [5.41, 5.74) is 0.919. The highest BCUT2D eigenvalue weighted by Crippen LogP contribution is 2.16. The minimum Gasteiger partial charge on any atom is -0.493 e. The number of benzene rings is 1. The Morgan fingerprint density at radius 3 is 2.55 bits per heavy atom. The van der Waals surface area contributed by atoms with Crippen LogP contribution in [0, 0.1) is 11.8 Å². The zero-order valence-corrected chi connectivity index (χ0v) is 12.8. The fourth-order valence-electron chi connectivity index (χ4n) is 1.39. The Hall–Kier alpha value is -1.15. The summed E-state index contributed by atoms with van der Waals surface area (Å²) in [7, 11) is 0. The molecule has 4 heteroatoms. The molecule has 3 nitrogen and oxygen atoms in total. The van der Waals surface area contributed by atoms with Crippen molar-refractivity contribution in [1.82, 2.24) is 0 Å². The highest BCUT2D eigenvalue weighted by atomic mass is 32.2. The average Bonchev–Trinajstić information content (AvgIpc) is 2.45. The predicted molar refractivity (Wildman–Crippen MR) is 84.1 cm³/mol. The molecule has 0 aliphatic carbocycles. The van der Waals surface area contributed by atoms with Crippen molar-refractivity contribution in [3.8, 4) is 17.6 Å². The van der Waals surface area contributed by atoms with Gasteiger partial charge in [0.05, 0.1) is 19.3 Å². The average molecular weight is 294 g/mol. The molecule has 0 aromatic heterocycles. The molecule has 0 heterocycles. The van der Waals surface area contributed by atoms with Gasteiger partial charge in [-0.2, -0.15) is 11.8 Å². The van der Waals surface area contributed by atoms with Crippen LogP contribution < -0.4 is 4.74 Å². The molecule has 1 aromatic carbocycles. The molecule has 0 radical (unpaired) electrons. The number of aliphatic hydroxyl groups is 2. The van der Waals surface area contributed by atoms with Gasteiger partial charge in [0, 0.05) is 23.0 Å². The van der Waals surface area contributed by atoms with E-state index in [1.165, 1.54) is 0 Å². The third kappa shape index (κ3) is 6.85. The first-order valence-corrected chi connectivity index (χ1v) is 7.80. The second kappa shape index (κ2) is 9.71. The molecule has 0 aliphatic rings. The molecule has 0 spiro atoms. The molecule has 0 saturated carbocycles. The fraction of sp³-hybridized carbons (Fsp3) is 0.500. The molecule has 0 bridgehead atoms. The van der Waals surface area contributed by atoms with E-state index in [0.717, 1.165) is 17.1 Å². The first kappa shape index (κ1) is 16.9. The summed E-state index contributed by atoms with van der Waals surface area (Å²) in [6.07, 6.45) is 0.202. The summed E-state index contributed by atoms with van der Waals surface area (Å²) >= 11 is 1.70. The first-order valence-electron chi connectivity index (χ1n) is 6.75. The molecule has 0 saturated heterocycles. The van der Waals surface area contributed by atoms with E-state index in [-0.39, 0.29) is 18.0 Å².